The molecule has 0 atom stereocenters. The summed E-state index contributed by atoms with van der Waals surface area (Å²) in [4.78, 5) is 0. The third kappa shape index (κ3) is 3.12. The van der Waals surface area contributed by atoms with Crippen molar-refractivity contribution in [2.75, 3.05) is 19.6 Å². The van der Waals surface area contributed by atoms with E-state index in [2.05, 4.69) is 0 Å². The van der Waals surface area contributed by atoms with Gasteiger partial charge in [0.05, 0.1) is 0 Å². The van der Waals surface area contributed by atoms with E-state index in [-0.39, 0.29) is 5.54 Å². The highest BCUT2D eigenvalue weighted by molar-refractivity contribution is 4.85. The van der Waals surface area contributed by atoms with Crippen LogP contribution in [0.3, 0.4) is 0 Å². The molecule has 0 aromatic rings. The molecule has 0 heterocycles. The van der Waals surface area contributed by atoms with E-state index < -0.39 is 0 Å². The van der Waals surface area contributed by atoms with Crippen LogP contribution in [0.25, 0.3) is 0 Å². The fourth-order valence-corrected chi connectivity index (χ4v) is 0.904. The summed E-state index contributed by atoms with van der Waals surface area (Å²) in [6.45, 7) is 1.61. The van der Waals surface area contributed by atoms with Gasteiger partial charge in [-0.3, -0.25) is 0 Å². The first-order chi connectivity index (χ1) is 4.68. The van der Waals surface area contributed by atoms with Crippen molar-refractivity contribution in [2.45, 2.75) is 18.4 Å². The summed E-state index contributed by atoms with van der Waals surface area (Å²) in [7, 11) is 0. The Balaban J connectivity index is 3.69. The molecule has 0 saturated heterocycles. The topological polar surface area (TPSA) is 104 Å². The van der Waals surface area contributed by atoms with E-state index in [1.54, 1.807) is 0 Å². The van der Waals surface area contributed by atoms with Crippen LogP contribution in [0, 0.1) is 0 Å². The molecule has 8 N–H and O–H groups in total. The molecule has 0 aromatic heterocycles. The molecular formula is C6H18N4. The van der Waals surface area contributed by atoms with E-state index in [9.17, 15) is 0 Å². The fourth-order valence-electron chi connectivity index (χ4n) is 0.904. The molecule has 0 radical (unpaired) electrons. The predicted molar refractivity (Wildman–Crippen MR) is 43.3 cm³/mol. The van der Waals surface area contributed by atoms with E-state index in [1.807, 2.05) is 0 Å². The molecule has 10 heavy (non-hydrogen) atoms. The van der Waals surface area contributed by atoms with Gasteiger partial charge in [-0.1, -0.05) is 0 Å². The van der Waals surface area contributed by atoms with E-state index >= 15 is 0 Å². The molecule has 0 aliphatic heterocycles. The first-order valence-corrected chi connectivity index (χ1v) is 3.57. The quantitative estimate of drug-likeness (QED) is 0.372. The maximum atomic E-state index is 5.83. The minimum Gasteiger partial charge on any atom is -0.330 e. The molecule has 0 aromatic carbocycles. The molecule has 4 nitrogen and oxygen atoms in total. The number of rotatable bonds is 5. The Labute approximate surface area is 61.9 Å². The van der Waals surface area contributed by atoms with Crippen molar-refractivity contribution < 1.29 is 0 Å². The van der Waals surface area contributed by atoms with Gasteiger partial charge in [-0.25, -0.2) is 0 Å². The second kappa shape index (κ2) is 4.62. The van der Waals surface area contributed by atoms with Gasteiger partial charge < -0.3 is 22.9 Å². The normalized spacial score (nSPS) is 12.0. The van der Waals surface area contributed by atoms with Gasteiger partial charge in [0.1, 0.15) is 0 Å². The van der Waals surface area contributed by atoms with E-state index in [4.69, 9.17) is 22.9 Å². The second-order valence-electron chi connectivity index (χ2n) is 2.64. The summed E-state index contributed by atoms with van der Waals surface area (Å²) in [6.07, 6.45) is 1.50. The van der Waals surface area contributed by atoms with Gasteiger partial charge in [-0.15, -0.1) is 0 Å². The number of hydrogen-bond donors (Lipinski definition) is 4. The Bertz CT molecular complexity index is 77.8. The van der Waals surface area contributed by atoms with Crippen molar-refractivity contribution >= 4 is 0 Å². The standard InChI is InChI=1S/C6H18N4/c7-3-1-6(10,5-9)2-4-8/h1-5,7-10H2. The maximum absolute atomic E-state index is 5.83. The summed E-state index contributed by atoms with van der Waals surface area (Å²) >= 11 is 0. The van der Waals surface area contributed by atoms with Crippen LogP contribution in [0.2, 0.25) is 0 Å². The first kappa shape index (κ1) is 9.84. The SMILES string of the molecule is NCCC(N)(CN)CCN. The average Bonchev–Trinajstić information content (AvgIpc) is 1.89. The van der Waals surface area contributed by atoms with Crippen LogP contribution < -0.4 is 22.9 Å². The van der Waals surface area contributed by atoms with Crippen molar-refractivity contribution in [2.24, 2.45) is 22.9 Å². The van der Waals surface area contributed by atoms with Gasteiger partial charge in [0.2, 0.25) is 0 Å². The molecule has 62 valence electrons. The van der Waals surface area contributed by atoms with Gasteiger partial charge in [0.15, 0.2) is 0 Å². The van der Waals surface area contributed by atoms with Gasteiger partial charge >= 0.3 is 0 Å². The van der Waals surface area contributed by atoms with E-state index in [1.165, 1.54) is 0 Å². The minimum absolute atomic E-state index is 0.330. The van der Waals surface area contributed by atoms with Crippen LogP contribution in [-0.4, -0.2) is 25.2 Å². The average molecular weight is 146 g/mol. The highest BCUT2D eigenvalue weighted by Gasteiger charge is 2.20. The molecule has 0 rings (SSSR count). The summed E-state index contributed by atoms with van der Waals surface area (Å²) in [5, 5.41) is 0. The Kier molecular flexibility index (Phi) is 4.55. The lowest BCUT2D eigenvalue weighted by molar-refractivity contribution is 0.385. The van der Waals surface area contributed by atoms with Crippen molar-refractivity contribution in [3.63, 3.8) is 0 Å². The van der Waals surface area contributed by atoms with Crippen LogP contribution in [-0.2, 0) is 0 Å². The van der Waals surface area contributed by atoms with Crippen LogP contribution in [0.4, 0.5) is 0 Å². The molecule has 0 fully saturated rings. The lowest BCUT2D eigenvalue weighted by atomic mass is 9.93. The largest absolute Gasteiger partial charge is 0.330 e. The summed E-state index contributed by atoms with van der Waals surface area (Å²) < 4.78 is 0. The van der Waals surface area contributed by atoms with E-state index in [0.717, 1.165) is 12.8 Å². The van der Waals surface area contributed by atoms with Crippen LogP contribution >= 0.6 is 0 Å². The van der Waals surface area contributed by atoms with Gasteiger partial charge in [-0.2, -0.15) is 0 Å². The van der Waals surface area contributed by atoms with Gasteiger partial charge in [0, 0.05) is 12.1 Å². The molecule has 0 spiro atoms. The predicted octanol–water partition coefficient (Wildman–Crippen LogP) is -1.66. The number of nitrogens with two attached hydrogens (primary N) is 4. The van der Waals surface area contributed by atoms with Gasteiger partial charge in [-0.05, 0) is 25.9 Å². The lowest BCUT2D eigenvalue weighted by Gasteiger charge is -2.26. The Hall–Kier alpha value is -0.160. The Morgan fingerprint density at radius 2 is 1.30 bits per heavy atom. The van der Waals surface area contributed by atoms with Crippen molar-refractivity contribution in [3.8, 4) is 0 Å². The molecule has 0 saturated carbocycles. The fraction of sp³-hybridized carbons (Fsp3) is 1.00. The molecule has 4 heteroatoms. The zero-order chi connectivity index (χ0) is 8.04. The molecule has 0 amide bonds. The molecular weight excluding hydrogens is 128 g/mol. The van der Waals surface area contributed by atoms with E-state index in [0.29, 0.717) is 19.6 Å². The van der Waals surface area contributed by atoms with Crippen LogP contribution in [0.15, 0.2) is 0 Å². The zero-order valence-corrected chi connectivity index (χ0v) is 6.34. The van der Waals surface area contributed by atoms with Crippen molar-refractivity contribution in [1.82, 2.24) is 0 Å². The van der Waals surface area contributed by atoms with Crippen molar-refractivity contribution in [3.05, 3.63) is 0 Å². The summed E-state index contributed by atoms with van der Waals surface area (Å²) in [5.41, 5.74) is 21.6. The maximum Gasteiger partial charge on any atom is 0.0302 e. The molecule has 0 aliphatic carbocycles. The number of hydrogen-bond acceptors (Lipinski definition) is 4. The summed E-state index contributed by atoms with van der Waals surface area (Å²) in [5.74, 6) is 0. The minimum atomic E-state index is -0.330. The molecule has 0 aliphatic rings. The third-order valence-electron chi connectivity index (χ3n) is 1.69. The second-order valence-corrected chi connectivity index (χ2v) is 2.64. The highest BCUT2D eigenvalue weighted by atomic mass is 14.8. The van der Waals surface area contributed by atoms with Crippen LogP contribution in [0.1, 0.15) is 12.8 Å². The van der Waals surface area contributed by atoms with Gasteiger partial charge in [0.25, 0.3) is 0 Å². The Morgan fingerprint density at radius 3 is 1.50 bits per heavy atom. The van der Waals surface area contributed by atoms with Crippen molar-refractivity contribution in [1.29, 1.82) is 0 Å². The molecule has 0 bridgehead atoms. The first-order valence-electron chi connectivity index (χ1n) is 3.57. The lowest BCUT2D eigenvalue weighted by Crippen LogP contribution is -2.49. The smallest absolute Gasteiger partial charge is 0.0302 e. The molecule has 0 unspecified atom stereocenters. The third-order valence-corrected chi connectivity index (χ3v) is 1.69. The van der Waals surface area contributed by atoms with Crippen LogP contribution in [0.5, 0.6) is 0 Å². The monoisotopic (exact) mass is 146 g/mol. The Morgan fingerprint density at radius 1 is 0.900 bits per heavy atom. The zero-order valence-electron chi connectivity index (χ0n) is 6.34. The summed E-state index contributed by atoms with van der Waals surface area (Å²) in [6, 6.07) is 0. The highest BCUT2D eigenvalue weighted by Crippen LogP contribution is 2.07.